The van der Waals surface area contributed by atoms with Gasteiger partial charge in [-0.3, -0.25) is 0 Å². The van der Waals surface area contributed by atoms with E-state index in [0.717, 1.165) is 0 Å². The topological polar surface area (TPSA) is 101 Å². The van der Waals surface area contributed by atoms with Gasteiger partial charge in [-0.25, -0.2) is 9.78 Å². The van der Waals surface area contributed by atoms with Crippen molar-refractivity contribution in [2.45, 2.75) is 45.9 Å². The first-order chi connectivity index (χ1) is 10.8. The fourth-order valence-corrected chi connectivity index (χ4v) is 1.71. The predicted octanol–water partition coefficient (Wildman–Crippen LogP) is 0.878. The van der Waals surface area contributed by atoms with E-state index in [1.807, 2.05) is 20.8 Å². The van der Waals surface area contributed by atoms with Gasteiger partial charge in [0, 0.05) is 18.3 Å². The van der Waals surface area contributed by atoms with Crippen LogP contribution in [-0.4, -0.2) is 52.6 Å². The lowest BCUT2D eigenvalue weighted by Gasteiger charge is -2.23. The average molecular weight is 326 g/mol. The van der Waals surface area contributed by atoms with Crippen LogP contribution in [0.3, 0.4) is 0 Å². The van der Waals surface area contributed by atoms with Gasteiger partial charge in [0.15, 0.2) is 0 Å². The molecule has 130 valence electrons. The molecule has 7 nitrogen and oxygen atoms in total. The molecule has 1 rings (SSSR count). The van der Waals surface area contributed by atoms with Crippen LogP contribution in [0.1, 0.15) is 43.6 Å². The van der Waals surface area contributed by atoms with Crippen LogP contribution in [0.4, 0.5) is 0 Å². The Balaban J connectivity index is 2.73. The van der Waals surface area contributed by atoms with Crippen molar-refractivity contribution in [1.29, 1.82) is 0 Å². The van der Waals surface area contributed by atoms with Crippen molar-refractivity contribution in [3.63, 3.8) is 0 Å². The lowest BCUT2D eigenvalue weighted by atomic mass is 10.1. The molecular weight excluding hydrogens is 300 g/mol. The van der Waals surface area contributed by atoms with E-state index in [9.17, 15) is 9.90 Å². The molecule has 0 radical (unpaired) electrons. The minimum atomic E-state index is -0.747. The average Bonchev–Trinajstić information content (AvgIpc) is 2.50. The molecule has 0 amide bonds. The van der Waals surface area contributed by atoms with Crippen LogP contribution in [0.2, 0.25) is 0 Å². The third-order valence-electron chi connectivity index (χ3n) is 2.87. The Morgan fingerprint density at radius 1 is 1.43 bits per heavy atom. The van der Waals surface area contributed by atoms with Crippen LogP contribution < -0.4 is 10.1 Å². The molecular formula is C16H26N2O5. The molecule has 0 aliphatic heterocycles. The van der Waals surface area contributed by atoms with Gasteiger partial charge < -0.3 is 25.0 Å². The van der Waals surface area contributed by atoms with Crippen molar-refractivity contribution in [3.05, 3.63) is 23.4 Å². The van der Waals surface area contributed by atoms with Crippen molar-refractivity contribution in [3.8, 4) is 5.88 Å². The molecule has 0 aromatic carbocycles. The number of hydrogen-bond donors (Lipinski definition) is 3. The van der Waals surface area contributed by atoms with E-state index in [4.69, 9.17) is 14.6 Å². The van der Waals surface area contributed by atoms with Gasteiger partial charge in [0.05, 0.1) is 13.2 Å². The summed E-state index contributed by atoms with van der Waals surface area (Å²) in [6, 6.07) is 1.47. The number of ether oxygens (including phenoxy) is 2. The maximum absolute atomic E-state index is 11.9. The summed E-state index contributed by atoms with van der Waals surface area (Å²) in [5, 5.41) is 22.2. The Labute approximate surface area is 136 Å². The molecule has 0 bridgehead atoms. The number of aliphatic hydroxyl groups is 2. The van der Waals surface area contributed by atoms with Gasteiger partial charge in [0.25, 0.3) is 0 Å². The summed E-state index contributed by atoms with van der Waals surface area (Å²) in [7, 11) is 0. The Kier molecular flexibility index (Phi) is 7.41. The van der Waals surface area contributed by atoms with E-state index in [0.29, 0.717) is 12.1 Å². The summed E-state index contributed by atoms with van der Waals surface area (Å²) in [5.41, 5.74) is 0.502. The highest BCUT2D eigenvalue weighted by atomic mass is 16.5. The maximum atomic E-state index is 11.9. The van der Waals surface area contributed by atoms with Crippen molar-refractivity contribution in [2.24, 2.45) is 0 Å². The first kappa shape index (κ1) is 19.3. The molecule has 0 aliphatic rings. The molecule has 1 atom stereocenters. The van der Waals surface area contributed by atoms with Gasteiger partial charge in [-0.05, 0) is 39.3 Å². The minimum Gasteiger partial charge on any atom is -0.474 e. The molecule has 1 aromatic heterocycles. The summed E-state index contributed by atoms with van der Waals surface area (Å²) in [6.45, 7) is 8.01. The van der Waals surface area contributed by atoms with E-state index < -0.39 is 12.1 Å². The normalized spacial score (nSPS) is 12.8. The molecule has 0 spiro atoms. The van der Waals surface area contributed by atoms with Gasteiger partial charge in [-0.15, -0.1) is 0 Å². The molecule has 1 heterocycles. The van der Waals surface area contributed by atoms with Gasteiger partial charge in [0.1, 0.15) is 18.3 Å². The molecule has 7 heteroatoms. The lowest BCUT2D eigenvalue weighted by Crippen LogP contribution is -2.42. The molecule has 23 heavy (non-hydrogen) atoms. The number of carbonyl (C=O) groups is 1. The van der Waals surface area contributed by atoms with Crippen LogP contribution in [0.15, 0.2) is 12.3 Å². The highest BCUT2D eigenvalue weighted by molar-refractivity contribution is 5.92. The third-order valence-corrected chi connectivity index (χ3v) is 2.87. The number of hydrogen-bond acceptors (Lipinski definition) is 7. The highest BCUT2D eigenvalue weighted by Crippen LogP contribution is 2.18. The third kappa shape index (κ3) is 6.94. The molecule has 1 aromatic rings. The fraction of sp³-hybridized carbons (Fsp3) is 0.625. The van der Waals surface area contributed by atoms with Gasteiger partial charge in [-0.2, -0.15) is 0 Å². The van der Waals surface area contributed by atoms with Crippen molar-refractivity contribution >= 4 is 5.97 Å². The van der Waals surface area contributed by atoms with E-state index >= 15 is 0 Å². The monoisotopic (exact) mass is 326 g/mol. The van der Waals surface area contributed by atoms with Gasteiger partial charge in [-0.1, -0.05) is 0 Å². The Morgan fingerprint density at radius 3 is 2.70 bits per heavy atom. The zero-order valence-electron chi connectivity index (χ0n) is 14.1. The van der Waals surface area contributed by atoms with Crippen molar-refractivity contribution < 1.29 is 24.5 Å². The fourth-order valence-electron chi connectivity index (χ4n) is 1.71. The largest absolute Gasteiger partial charge is 0.474 e. The number of esters is 1. The van der Waals surface area contributed by atoms with Crippen LogP contribution in [0, 0.1) is 0 Å². The number of pyridine rings is 1. The zero-order chi connectivity index (χ0) is 17.5. The maximum Gasteiger partial charge on any atom is 0.343 e. The number of aromatic nitrogens is 1. The summed E-state index contributed by atoms with van der Waals surface area (Å²) in [6.07, 6.45) is 0.668. The summed E-state index contributed by atoms with van der Waals surface area (Å²) in [4.78, 5) is 16.0. The van der Waals surface area contributed by atoms with E-state index in [2.05, 4.69) is 10.3 Å². The molecule has 0 saturated heterocycles. The second-order valence-corrected chi connectivity index (χ2v) is 6.17. The second kappa shape index (κ2) is 8.81. The van der Waals surface area contributed by atoms with Crippen molar-refractivity contribution in [1.82, 2.24) is 10.3 Å². The first-order valence-corrected chi connectivity index (χ1v) is 7.59. The number of aliphatic hydroxyl groups excluding tert-OH is 2. The summed E-state index contributed by atoms with van der Waals surface area (Å²) < 4.78 is 10.4. The second-order valence-electron chi connectivity index (χ2n) is 6.17. The minimum absolute atomic E-state index is 0.0129. The smallest absolute Gasteiger partial charge is 0.343 e. The summed E-state index contributed by atoms with van der Waals surface area (Å²) in [5.74, 6) is -0.497. The number of rotatable bonds is 8. The van der Waals surface area contributed by atoms with Crippen molar-refractivity contribution in [2.75, 3.05) is 19.8 Å². The lowest BCUT2D eigenvalue weighted by molar-refractivity contribution is 0.0512. The molecule has 3 N–H and O–H groups in total. The van der Waals surface area contributed by atoms with Crippen LogP contribution >= 0.6 is 0 Å². The molecule has 0 unspecified atom stereocenters. The zero-order valence-corrected chi connectivity index (χ0v) is 14.1. The molecule has 0 fully saturated rings. The Bertz CT molecular complexity index is 514. The predicted molar refractivity (Wildman–Crippen MR) is 85.4 cm³/mol. The Hall–Kier alpha value is -1.70. The SMILES string of the molecule is CCOC(=O)c1cc(CO)cnc1OC[C@@H](O)CNC(C)(C)C. The van der Waals surface area contributed by atoms with Crippen LogP contribution in [0.5, 0.6) is 5.88 Å². The number of nitrogens with one attached hydrogen (secondary N) is 1. The highest BCUT2D eigenvalue weighted by Gasteiger charge is 2.18. The van der Waals surface area contributed by atoms with Crippen LogP contribution in [-0.2, 0) is 11.3 Å². The number of nitrogens with zero attached hydrogens (tertiary/aromatic N) is 1. The van der Waals surface area contributed by atoms with Gasteiger partial charge in [0.2, 0.25) is 5.88 Å². The van der Waals surface area contributed by atoms with E-state index in [-0.39, 0.29) is 36.8 Å². The first-order valence-electron chi connectivity index (χ1n) is 7.59. The van der Waals surface area contributed by atoms with Crippen LogP contribution in [0.25, 0.3) is 0 Å². The quantitative estimate of drug-likeness (QED) is 0.610. The standard InChI is InChI=1S/C16H26N2O5/c1-5-22-15(21)13-6-11(9-19)7-17-14(13)23-10-12(20)8-18-16(2,3)4/h6-7,12,18-20H,5,8-10H2,1-4H3/t12-/m0/s1. The number of carbonyl (C=O) groups excluding carboxylic acids is 1. The van der Waals surface area contributed by atoms with Gasteiger partial charge >= 0.3 is 5.97 Å². The number of β-amino-alcohol motifs (C(OH)–C–C–N with tert-alkyl or cyclic N) is 1. The molecule has 0 saturated carbocycles. The Morgan fingerprint density at radius 2 is 2.13 bits per heavy atom. The molecule has 0 aliphatic carbocycles. The van der Waals surface area contributed by atoms with E-state index in [1.54, 1.807) is 6.92 Å². The summed E-state index contributed by atoms with van der Waals surface area (Å²) >= 11 is 0. The van der Waals surface area contributed by atoms with E-state index in [1.165, 1.54) is 12.3 Å².